The molecule has 42 heavy (non-hydrogen) atoms. The molecular formula is C29H42N4O9. The Labute approximate surface area is 245 Å². The highest BCUT2D eigenvalue weighted by molar-refractivity contribution is 5.79. The summed E-state index contributed by atoms with van der Waals surface area (Å²) >= 11 is 0. The lowest BCUT2D eigenvalue weighted by Crippen LogP contribution is -2.52. The van der Waals surface area contributed by atoms with Crippen LogP contribution in [0.5, 0.6) is 0 Å². The van der Waals surface area contributed by atoms with E-state index in [9.17, 15) is 44.1 Å². The molecule has 2 heterocycles. The minimum Gasteiger partial charge on any atom is -0.480 e. The van der Waals surface area contributed by atoms with Crippen molar-refractivity contribution in [1.82, 2.24) is 19.7 Å². The van der Waals surface area contributed by atoms with Crippen molar-refractivity contribution in [1.29, 1.82) is 0 Å². The van der Waals surface area contributed by atoms with Crippen LogP contribution in [0.1, 0.15) is 70.7 Å². The van der Waals surface area contributed by atoms with Crippen LogP contribution in [0.4, 0.5) is 0 Å². The first kappa shape index (κ1) is 34.7. The lowest BCUT2D eigenvalue weighted by molar-refractivity contribution is -0.147. The highest BCUT2D eigenvalue weighted by Gasteiger charge is 2.33. The van der Waals surface area contributed by atoms with Gasteiger partial charge in [0, 0.05) is 58.5 Å². The lowest BCUT2D eigenvalue weighted by atomic mass is 10.0. The van der Waals surface area contributed by atoms with Gasteiger partial charge in [-0.3, -0.25) is 34.1 Å². The summed E-state index contributed by atoms with van der Waals surface area (Å²) in [6.07, 6.45) is 0.328. The number of hydrogen-bond donors (Lipinski definition) is 3. The van der Waals surface area contributed by atoms with E-state index in [1.807, 2.05) is 0 Å². The zero-order chi connectivity index (χ0) is 31.4. The first-order valence-electron chi connectivity index (χ1n) is 14.1. The topological polar surface area (TPSA) is 186 Å². The normalized spacial score (nSPS) is 17.7. The van der Waals surface area contributed by atoms with Gasteiger partial charge in [-0.05, 0) is 52.2 Å². The highest BCUT2D eigenvalue weighted by Crippen LogP contribution is 2.19. The Hall–Kier alpha value is -3.55. The summed E-state index contributed by atoms with van der Waals surface area (Å²) in [7, 11) is 0. The average molecular weight is 591 g/mol. The molecule has 1 aliphatic heterocycles. The van der Waals surface area contributed by atoms with E-state index in [4.69, 9.17) is 0 Å². The van der Waals surface area contributed by atoms with E-state index in [0.717, 1.165) is 0 Å². The number of carboxylic acid groups (broad SMARTS) is 3. The van der Waals surface area contributed by atoms with Gasteiger partial charge in [0.1, 0.15) is 35.5 Å². The molecule has 3 N–H and O–H groups in total. The Bertz CT molecular complexity index is 1080. The molecule has 0 saturated heterocycles. The van der Waals surface area contributed by atoms with Crippen LogP contribution in [0.2, 0.25) is 0 Å². The third-order valence-electron chi connectivity index (χ3n) is 7.43. The summed E-state index contributed by atoms with van der Waals surface area (Å²) in [5, 5.41) is 30.2. The minimum absolute atomic E-state index is 0.0299. The first-order valence-corrected chi connectivity index (χ1v) is 14.1. The summed E-state index contributed by atoms with van der Waals surface area (Å²) in [5.41, 5.74) is 1.08. The van der Waals surface area contributed by atoms with Crippen LogP contribution in [0.3, 0.4) is 0 Å². The molecule has 2 bridgehead atoms. The molecule has 0 fully saturated rings. The highest BCUT2D eigenvalue weighted by atomic mass is 16.4. The number of aromatic nitrogens is 1. The largest absolute Gasteiger partial charge is 0.480 e. The third kappa shape index (κ3) is 11.4. The van der Waals surface area contributed by atoms with E-state index in [2.05, 4.69) is 4.98 Å². The number of pyridine rings is 1. The van der Waals surface area contributed by atoms with Gasteiger partial charge in [-0.1, -0.05) is 6.07 Å². The van der Waals surface area contributed by atoms with Gasteiger partial charge in [0.05, 0.1) is 11.4 Å². The Morgan fingerprint density at radius 2 is 0.929 bits per heavy atom. The Balaban J connectivity index is 2.55. The lowest BCUT2D eigenvalue weighted by Gasteiger charge is -2.37. The molecule has 0 spiro atoms. The number of hydrogen-bond acceptors (Lipinski definition) is 10. The minimum atomic E-state index is -1.15. The van der Waals surface area contributed by atoms with Gasteiger partial charge in [0.25, 0.3) is 0 Å². The summed E-state index contributed by atoms with van der Waals surface area (Å²) < 4.78 is 0. The van der Waals surface area contributed by atoms with Crippen molar-refractivity contribution in [2.75, 3.05) is 26.2 Å². The maximum absolute atomic E-state index is 12.4. The standard InChI is InChI=1S/C29H42N4O9/c1-19(34)7-10-24(27(37)38)31-13-15-32(25(28(39)40)11-8-20(2)35)17-22-5-4-6-23(30-22)18-33(16-14-31)26(29(41)42)12-9-21(3)36/h4-6,24-26H,7-18H2,1-3H3,(H,37,38)(H,39,40)(H,41,42). The molecule has 3 unspecified atom stereocenters. The molecule has 13 heteroatoms. The predicted molar refractivity (Wildman–Crippen MR) is 151 cm³/mol. The average Bonchev–Trinajstić information content (AvgIpc) is 2.87. The van der Waals surface area contributed by atoms with E-state index < -0.39 is 36.0 Å². The summed E-state index contributed by atoms with van der Waals surface area (Å²) in [6.45, 7) is 4.83. The number of aliphatic carboxylic acids is 3. The van der Waals surface area contributed by atoms with E-state index in [-0.39, 0.29) is 95.1 Å². The molecule has 0 aliphatic carbocycles. The number of carbonyl (C=O) groups excluding carboxylic acids is 3. The van der Waals surface area contributed by atoms with E-state index >= 15 is 0 Å². The summed E-state index contributed by atoms with van der Waals surface area (Å²) in [5.74, 6) is -3.84. The van der Waals surface area contributed by atoms with Crippen molar-refractivity contribution in [3.05, 3.63) is 29.6 Å². The van der Waals surface area contributed by atoms with Crippen molar-refractivity contribution in [2.45, 2.75) is 90.5 Å². The molecule has 0 amide bonds. The van der Waals surface area contributed by atoms with Gasteiger partial charge in [0.15, 0.2) is 0 Å². The van der Waals surface area contributed by atoms with E-state index in [0.29, 0.717) is 11.4 Å². The van der Waals surface area contributed by atoms with Crippen molar-refractivity contribution in [2.24, 2.45) is 0 Å². The summed E-state index contributed by atoms with van der Waals surface area (Å²) in [4.78, 5) is 81.7. The number of ketones is 3. The van der Waals surface area contributed by atoms with Gasteiger partial charge in [-0.25, -0.2) is 0 Å². The number of nitrogens with zero attached hydrogens (tertiary/aromatic N) is 4. The molecule has 0 radical (unpaired) electrons. The molecular weight excluding hydrogens is 548 g/mol. The Kier molecular flexibility index (Phi) is 13.8. The number of rotatable bonds is 15. The van der Waals surface area contributed by atoms with Crippen molar-refractivity contribution < 1.29 is 44.1 Å². The van der Waals surface area contributed by atoms with Gasteiger partial charge in [-0.15, -0.1) is 0 Å². The van der Waals surface area contributed by atoms with Crippen LogP contribution in [0.25, 0.3) is 0 Å². The molecule has 0 saturated carbocycles. The zero-order valence-electron chi connectivity index (χ0n) is 24.5. The maximum Gasteiger partial charge on any atom is 0.320 e. The quantitative estimate of drug-likeness (QED) is 0.267. The van der Waals surface area contributed by atoms with Crippen molar-refractivity contribution in [3.8, 4) is 0 Å². The molecule has 1 aromatic rings. The molecule has 1 aromatic heterocycles. The molecule has 0 aromatic carbocycles. The molecule has 1 aliphatic rings. The third-order valence-corrected chi connectivity index (χ3v) is 7.43. The fourth-order valence-corrected chi connectivity index (χ4v) is 5.16. The van der Waals surface area contributed by atoms with E-state index in [1.165, 1.54) is 20.8 Å². The number of fused-ring (bicyclic) bond motifs is 2. The van der Waals surface area contributed by atoms with Crippen molar-refractivity contribution >= 4 is 35.3 Å². The van der Waals surface area contributed by atoms with Crippen LogP contribution in [0, 0.1) is 0 Å². The Morgan fingerprint density at radius 3 is 1.24 bits per heavy atom. The van der Waals surface area contributed by atoms with Crippen molar-refractivity contribution in [3.63, 3.8) is 0 Å². The second-order valence-corrected chi connectivity index (χ2v) is 10.9. The van der Waals surface area contributed by atoms with E-state index in [1.54, 1.807) is 32.9 Å². The number of carbonyl (C=O) groups is 6. The summed E-state index contributed by atoms with van der Waals surface area (Å²) in [6, 6.07) is 2.09. The fraction of sp³-hybridized carbons (Fsp3) is 0.621. The Morgan fingerprint density at radius 1 is 0.619 bits per heavy atom. The monoisotopic (exact) mass is 590 g/mol. The second-order valence-electron chi connectivity index (χ2n) is 10.9. The van der Waals surface area contributed by atoms with Crippen LogP contribution in [-0.4, -0.2) is 115 Å². The molecule has 3 atom stereocenters. The van der Waals surface area contributed by atoms with Gasteiger partial charge < -0.3 is 29.7 Å². The first-order chi connectivity index (χ1) is 19.8. The number of carboxylic acids is 3. The fourth-order valence-electron chi connectivity index (χ4n) is 5.16. The molecule has 2 rings (SSSR count). The SMILES string of the molecule is CC(=O)CCC(C(=O)O)N1CCN(C(CCC(C)=O)C(=O)O)Cc2cccc(n2)CN(C(CCC(C)=O)C(=O)O)CC1. The zero-order valence-corrected chi connectivity index (χ0v) is 24.5. The second kappa shape index (κ2) is 16.8. The van der Waals surface area contributed by atoms with Crippen LogP contribution >= 0.6 is 0 Å². The maximum atomic E-state index is 12.4. The predicted octanol–water partition coefficient (Wildman–Crippen LogP) is 1.47. The van der Waals surface area contributed by atoms with Gasteiger partial charge in [0.2, 0.25) is 0 Å². The number of Topliss-reactive ketones (excluding diaryl/α,β-unsaturated/α-hetero) is 3. The molecule has 13 nitrogen and oxygen atoms in total. The van der Waals surface area contributed by atoms with Gasteiger partial charge >= 0.3 is 17.9 Å². The van der Waals surface area contributed by atoms with Crippen LogP contribution in [0.15, 0.2) is 18.2 Å². The van der Waals surface area contributed by atoms with Crippen LogP contribution in [-0.2, 0) is 41.9 Å². The van der Waals surface area contributed by atoms with Crippen LogP contribution < -0.4 is 0 Å². The van der Waals surface area contributed by atoms with Gasteiger partial charge in [-0.2, -0.15) is 0 Å². The molecule has 232 valence electrons. The smallest absolute Gasteiger partial charge is 0.320 e.